The third-order valence-corrected chi connectivity index (χ3v) is 6.40. The highest BCUT2D eigenvalue weighted by molar-refractivity contribution is 8.01. The molecule has 29 heavy (non-hydrogen) atoms. The molecule has 3 rings (SSSR count). The topological polar surface area (TPSA) is 84.0 Å². The number of benzene rings is 1. The van der Waals surface area contributed by atoms with Crippen molar-refractivity contribution in [3.05, 3.63) is 51.7 Å². The Morgan fingerprint density at radius 3 is 2.66 bits per heavy atom. The lowest BCUT2D eigenvalue weighted by Crippen LogP contribution is -2.15. The molecule has 0 fully saturated rings. The van der Waals surface area contributed by atoms with E-state index in [0.717, 1.165) is 40.8 Å². The summed E-state index contributed by atoms with van der Waals surface area (Å²) in [6, 6.07) is 6.16. The highest BCUT2D eigenvalue weighted by Gasteiger charge is 2.30. The van der Waals surface area contributed by atoms with Crippen LogP contribution in [0.15, 0.2) is 40.1 Å². The van der Waals surface area contributed by atoms with Gasteiger partial charge in [-0.2, -0.15) is 13.2 Å². The summed E-state index contributed by atoms with van der Waals surface area (Å²) in [5.41, 5.74) is 0.204. The van der Waals surface area contributed by atoms with E-state index in [1.54, 1.807) is 6.07 Å². The van der Waals surface area contributed by atoms with Gasteiger partial charge in [0.05, 0.1) is 16.2 Å². The van der Waals surface area contributed by atoms with Crippen LogP contribution in [0.3, 0.4) is 0 Å². The van der Waals surface area contributed by atoms with Gasteiger partial charge in [-0.05, 0) is 42.1 Å². The van der Waals surface area contributed by atoms with E-state index in [9.17, 15) is 22.8 Å². The number of hydrogen-bond acceptors (Lipinski definition) is 7. The Hall–Kier alpha value is -2.44. The van der Waals surface area contributed by atoms with Crippen LogP contribution in [-0.4, -0.2) is 27.8 Å². The number of aromatic nitrogens is 2. The van der Waals surface area contributed by atoms with Gasteiger partial charge in [-0.3, -0.25) is 14.9 Å². The van der Waals surface area contributed by atoms with Crippen molar-refractivity contribution in [3.63, 3.8) is 0 Å². The zero-order chi connectivity index (χ0) is 21.0. The van der Waals surface area contributed by atoms with Crippen LogP contribution in [0, 0.1) is 6.92 Å². The molecule has 2 amide bonds. The third kappa shape index (κ3) is 6.02. The third-order valence-electron chi connectivity index (χ3n) is 3.38. The second-order valence-electron chi connectivity index (χ2n) is 5.73. The average Bonchev–Trinajstić information content (AvgIpc) is 3.28. The van der Waals surface area contributed by atoms with Crippen molar-refractivity contribution in [2.45, 2.75) is 17.4 Å². The SMILES string of the molecule is Cc1csc(C(=O)Nc2nnc(SCC(=O)Nc3cccc(C(F)(F)F)c3)s2)c1. The predicted molar refractivity (Wildman–Crippen MR) is 108 cm³/mol. The molecule has 152 valence electrons. The fourth-order valence-electron chi connectivity index (χ4n) is 2.13. The van der Waals surface area contributed by atoms with Crippen LogP contribution in [0.2, 0.25) is 0 Å². The van der Waals surface area contributed by atoms with Gasteiger partial charge in [0.1, 0.15) is 0 Å². The molecule has 0 radical (unpaired) electrons. The Labute approximate surface area is 175 Å². The van der Waals surface area contributed by atoms with Gasteiger partial charge in [-0.25, -0.2) is 0 Å². The Morgan fingerprint density at radius 1 is 1.17 bits per heavy atom. The molecule has 0 saturated carbocycles. The number of carbonyl (C=O) groups is 2. The lowest BCUT2D eigenvalue weighted by molar-refractivity contribution is -0.137. The van der Waals surface area contributed by atoms with Crippen LogP contribution in [0.25, 0.3) is 0 Å². The van der Waals surface area contributed by atoms with Gasteiger partial charge in [0, 0.05) is 5.69 Å². The molecule has 2 N–H and O–H groups in total. The second-order valence-corrected chi connectivity index (χ2v) is 8.84. The molecule has 0 spiro atoms. The van der Waals surface area contributed by atoms with Crippen molar-refractivity contribution < 1.29 is 22.8 Å². The Morgan fingerprint density at radius 2 is 1.97 bits per heavy atom. The molecule has 0 unspecified atom stereocenters. The smallest absolute Gasteiger partial charge is 0.325 e. The van der Waals surface area contributed by atoms with Crippen LogP contribution in [0.1, 0.15) is 20.8 Å². The summed E-state index contributed by atoms with van der Waals surface area (Å²) in [7, 11) is 0. The Kier molecular flexibility index (Phi) is 6.55. The van der Waals surface area contributed by atoms with E-state index in [1.807, 2.05) is 12.3 Å². The fourth-order valence-corrected chi connectivity index (χ4v) is 4.47. The van der Waals surface area contributed by atoms with Crippen LogP contribution in [-0.2, 0) is 11.0 Å². The van der Waals surface area contributed by atoms with Crippen LogP contribution in [0.4, 0.5) is 24.0 Å². The van der Waals surface area contributed by atoms with Crippen LogP contribution in [0.5, 0.6) is 0 Å². The molecule has 6 nitrogen and oxygen atoms in total. The minimum atomic E-state index is -4.48. The highest BCUT2D eigenvalue weighted by Crippen LogP contribution is 2.31. The standard InChI is InChI=1S/C17H13F3N4O2S3/c1-9-5-12(27-7-9)14(26)22-15-23-24-16(29-15)28-8-13(25)21-11-4-2-3-10(6-11)17(18,19)20/h2-7H,8H2,1H3,(H,21,25)(H,22,23,26). The molecule has 0 aliphatic rings. The van der Waals surface area contributed by atoms with Gasteiger partial charge >= 0.3 is 6.18 Å². The molecular weight excluding hydrogens is 445 g/mol. The molecule has 12 heteroatoms. The van der Waals surface area contributed by atoms with Crippen molar-refractivity contribution in [2.75, 3.05) is 16.4 Å². The van der Waals surface area contributed by atoms with Crippen molar-refractivity contribution in [1.82, 2.24) is 10.2 Å². The maximum atomic E-state index is 12.7. The average molecular weight is 459 g/mol. The summed E-state index contributed by atoms with van der Waals surface area (Å²) in [6.07, 6.45) is -4.48. The molecule has 2 aromatic heterocycles. The number of nitrogens with one attached hydrogen (secondary N) is 2. The van der Waals surface area contributed by atoms with Gasteiger partial charge in [-0.1, -0.05) is 29.2 Å². The zero-order valence-electron chi connectivity index (χ0n) is 14.7. The molecule has 1 aromatic carbocycles. The summed E-state index contributed by atoms with van der Waals surface area (Å²) in [5.74, 6) is -0.842. The molecule has 0 aliphatic carbocycles. The number of thioether (sulfide) groups is 1. The van der Waals surface area contributed by atoms with Gasteiger partial charge in [0.25, 0.3) is 5.91 Å². The van der Waals surface area contributed by atoms with E-state index in [4.69, 9.17) is 0 Å². The first-order valence-electron chi connectivity index (χ1n) is 8.00. The predicted octanol–water partition coefficient (Wildman–Crippen LogP) is 4.91. The molecule has 0 saturated heterocycles. The Bertz CT molecular complexity index is 1030. The molecule has 0 atom stereocenters. The van der Waals surface area contributed by atoms with E-state index in [1.165, 1.54) is 23.5 Å². The first kappa shape index (κ1) is 21.3. The zero-order valence-corrected chi connectivity index (χ0v) is 17.2. The summed E-state index contributed by atoms with van der Waals surface area (Å²) in [6.45, 7) is 1.89. The van der Waals surface area contributed by atoms with E-state index in [0.29, 0.717) is 14.3 Å². The number of aryl methyl sites for hydroxylation is 1. The number of thiophene rings is 1. The minimum absolute atomic E-state index is 0.0573. The monoisotopic (exact) mass is 458 g/mol. The summed E-state index contributed by atoms with van der Waals surface area (Å²) < 4.78 is 38.6. The first-order valence-corrected chi connectivity index (χ1v) is 10.7. The first-order chi connectivity index (χ1) is 13.7. The van der Waals surface area contributed by atoms with Crippen LogP contribution < -0.4 is 10.6 Å². The molecule has 3 aromatic rings. The number of carbonyl (C=O) groups excluding carboxylic acids is 2. The van der Waals surface area contributed by atoms with Crippen molar-refractivity contribution in [3.8, 4) is 0 Å². The number of alkyl halides is 3. The van der Waals surface area contributed by atoms with E-state index in [2.05, 4.69) is 20.8 Å². The number of anilines is 2. The second kappa shape index (κ2) is 8.93. The van der Waals surface area contributed by atoms with Gasteiger partial charge < -0.3 is 5.32 Å². The van der Waals surface area contributed by atoms with E-state index >= 15 is 0 Å². The lowest BCUT2D eigenvalue weighted by Gasteiger charge is -2.09. The number of amides is 2. The van der Waals surface area contributed by atoms with Crippen molar-refractivity contribution in [1.29, 1.82) is 0 Å². The number of rotatable bonds is 6. The fraction of sp³-hybridized carbons (Fsp3) is 0.176. The minimum Gasteiger partial charge on any atom is -0.325 e. The van der Waals surface area contributed by atoms with E-state index < -0.39 is 17.6 Å². The number of nitrogens with zero attached hydrogens (tertiary/aromatic N) is 2. The normalized spacial score (nSPS) is 11.3. The summed E-state index contributed by atoms with van der Waals surface area (Å²) >= 11 is 3.49. The highest BCUT2D eigenvalue weighted by atomic mass is 32.2. The van der Waals surface area contributed by atoms with Gasteiger partial charge in [0.2, 0.25) is 11.0 Å². The molecule has 2 heterocycles. The van der Waals surface area contributed by atoms with Crippen molar-refractivity contribution in [2.24, 2.45) is 0 Å². The summed E-state index contributed by atoms with van der Waals surface area (Å²) in [5, 5.41) is 14.9. The molecular formula is C17H13F3N4O2S3. The largest absolute Gasteiger partial charge is 0.416 e. The maximum Gasteiger partial charge on any atom is 0.416 e. The quantitative estimate of drug-likeness (QED) is 0.405. The number of hydrogen-bond donors (Lipinski definition) is 2. The summed E-state index contributed by atoms with van der Waals surface area (Å²) in [4.78, 5) is 24.6. The lowest BCUT2D eigenvalue weighted by atomic mass is 10.2. The van der Waals surface area contributed by atoms with Gasteiger partial charge in [0.15, 0.2) is 4.34 Å². The molecule has 0 aliphatic heterocycles. The van der Waals surface area contributed by atoms with Gasteiger partial charge in [-0.15, -0.1) is 21.5 Å². The number of halogens is 3. The van der Waals surface area contributed by atoms with Crippen molar-refractivity contribution >= 4 is 57.1 Å². The maximum absolute atomic E-state index is 12.7. The Balaban J connectivity index is 1.52. The van der Waals surface area contributed by atoms with Crippen LogP contribution >= 0.6 is 34.4 Å². The molecule has 0 bridgehead atoms. The van der Waals surface area contributed by atoms with E-state index in [-0.39, 0.29) is 17.3 Å².